The van der Waals surface area contributed by atoms with E-state index in [1.165, 1.54) is 50.2 Å². The Balaban J connectivity index is 1.67. The van der Waals surface area contributed by atoms with Crippen LogP contribution in [0, 0.1) is 0 Å². The maximum absolute atomic E-state index is 4.61. The van der Waals surface area contributed by atoms with Crippen molar-refractivity contribution in [3.8, 4) is 0 Å². The van der Waals surface area contributed by atoms with Gasteiger partial charge < -0.3 is 9.47 Å². The third-order valence-corrected chi connectivity index (χ3v) is 5.08. The number of likely N-dealkylation sites (tertiary alicyclic amines) is 1. The fourth-order valence-electron chi connectivity index (χ4n) is 3.53. The van der Waals surface area contributed by atoms with Gasteiger partial charge in [0.2, 0.25) is 0 Å². The molecule has 23 heavy (non-hydrogen) atoms. The summed E-state index contributed by atoms with van der Waals surface area (Å²) in [6.07, 6.45) is 7.24. The quantitative estimate of drug-likeness (QED) is 0.756. The van der Waals surface area contributed by atoms with Crippen molar-refractivity contribution in [2.75, 3.05) is 33.7 Å². The Morgan fingerprint density at radius 2 is 1.87 bits per heavy atom. The first-order valence-electron chi connectivity index (χ1n) is 9.01. The van der Waals surface area contributed by atoms with Crippen LogP contribution in [0.2, 0.25) is 0 Å². The van der Waals surface area contributed by atoms with Crippen LogP contribution in [0.4, 0.5) is 0 Å². The van der Waals surface area contributed by atoms with Crippen molar-refractivity contribution in [2.24, 2.45) is 0 Å². The average Bonchev–Trinajstić information content (AvgIpc) is 3.29. The largest absolute Gasteiger partial charge is 0.311 e. The van der Waals surface area contributed by atoms with Crippen LogP contribution >= 0.6 is 0 Å². The lowest BCUT2D eigenvalue weighted by molar-refractivity contribution is 0.222. The summed E-state index contributed by atoms with van der Waals surface area (Å²) < 4.78 is 2.47. The third-order valence-electron chi connectivity index (χ3n) is 5.08. The predicted molar refractivity (Wildman–Crippen MR) is 93.5 cm³/mol. The highest BCUT2D eigenvalue weighted by atomic mass is 15.3. The molecule has 0 N–H and O–H groups in total. The summed E-state index contributed by atoms with van der Waals surface area (Å²) in [5.74, 6) is 2.99. The monoisotopic (exact) mass is 317 g/mol. The molecule has 1 aliphatic heterocycles. The molecule has 2 fully saturated rings. The molecule has 0 atom stereocenters. The van der Waals surface area contributed by atoms with Gasteiger partial charge in [0, 0.05) is 18.5 Å². The lowest BCUT2D eigenvalue weighted by Gasteiger charge is -2.32. The summed E-state index contributed by atoms with van der Waals surface area (Å²) in [6.45, 7) is 8.72. The third kappa shape index (κ3) is 4.01. The molecule has 0 amide bonds. The van der Waals surface area contributed by atoms with Crippen LogP contribution < -0.4 is 0 Å². The van der Waals surface area contributed by atoms with E-state index in [1.54, 1.807) is 0 Å². The second-order valence-electron chi connectivity index (χ2n) is 7.50. The second-order valence-corrected chi connectivity index (χ2v) is 7.50. The van der Waals surface area contributed by atoms with Crippen molar-refractivity contribution in [1.82, 2.24) is 24.6 Å². The van der Waals surface area contributed by atoms with Crippen LogP contribution in [0.1, 0.15) is 63.1 Å². The van der Waals surface area contributed by atoms with Gasteiger partial charge in [-0.2, -0.15) is 0 Å². The number of nitrogens with zero attached hydrogens (tertiary/aromatic N) is 5. The van der Waals surface area contributed by atoms with Crippen molar-refractivity contribution in [3.05, 3.63) is 23.3 Å². The summed E-state index contributed by atoms with van der Waals surface area (Å²) >= 11 is 0. The standard InChI is InChI=1S/C18H31N5/c1-5-14(2)12-22-10-8-15(9-11-22)18-20-19-17(13-21(3)4)23(18)16-6-7-16/h5,15-16H,6-13H2,1-4H3. The van der Waals surface area contributed by atoms with E-state index >= 15 is 0 Å². The van der Waals surface area contributed by atoms with E-state index in [0.29, 0.717) is 12.0 Å². The van der Waals surface area contributed by atoms with Crippen LogP contribution in [-0.4, -0.2) is 58.3 Å². The van der Waals surface area contributed by atoms with Gasteiger partial charge in [0.15, 0.2) is 0 Å². The zero-order valence-corrected chi connectivity index (χ0v) is 15.1. The Kier molecular flexibility index (Phi) is 5.17. The Bertz CT molecular complexity index is 548. The van der Waals surface area contributed by atoms with Crippen LogP contribution in [0.3, 0.4) is 0 Å². The summed E-state index contributed by atoms with van der Waals surface area (Å²) in [6, 6.07) is 0.665. The van der Waals surface area contributed by atoms with Crippen LogP contribution in [0.25, 0.3) is 0 Å². The molecule has 0 spiro atoms. The Labute approximate surface area is 140 Å². The van der Waals surface area contributed by atoms with E-state index in [4.69, 9.17) is 0 Å². The topological polar surface area (TPSA) is 37.2 Å². The second kappa shape index (κ2) is 7.14. The molecule has 5 nitrogen and oxygen atoms in total. The lowest BCUT2D eigenvalue weighted by atomic mass is 9.95. The lowest BCUT2D eigenvalue weighted by Crippen LogP contribution is -2.34. The summed E-state index contributed by atoms with van der Waals surface area (Å²) in [7, 11) is 4.21. The van der Waals surface area contributed by atoms with Gasteiger partial charge in [-0.15, -0.1) is 10.2 Å². The number of allylic oxidation sites excluding steroid dienone is 1. The smallest absolute Gasteiger partial charge is 0.147 e. The van der Waals surface area contributed by atoms with Gasteiger partial charge in [-0.1, -0.05) is 11.6 Å². The first-order chi connectivity index (χ1) is 11.1. The number of aromatic nitrogens is 3. The number of hydrogen-bond donors (Lipinski definition) is 0. The van der Waals surface area contributed by atoms with Gasteiger partial charge in [0.1, 0.15) is 11.6 Å². The molecular formula is C18H31N5. The molecule has 1 saturated heterocycles. The molecule has 5 heteroatoms. The van der Waals surface area contributed by atoms with E-state index in [0.717, 1.165) is 18.9 Å². The van der Waals surface area contributed by atoms with Gasteiger partial charge in [-0.05, 0) is 66.7 Å². The van der Waals surface area contributed by atoms with Crippen molar-refractivity contribution in [2.45, 2.75) is 58.0 Å². The molecule has 0 bridgehead atoms. The van der Waals surface area contributed by atoms with E-state index in [-0.39, 0.29) is 0 Å². The molecule has 0 radical (unpaired) electrons. The van der Waals surface area contributed by atoms with Gasteiger partial charge in [0.05, 0.1) is 6.54 Å². The number of rotatable bonds is 6. The normalized spacial score (nSPS) is 21.3. The van der Waals surface area contributed by atoms with E-state index in [1.807, 2.05) is 0 Å². The SMILES string of the molecule is CC=C(C)CN1CCC(c2nnc(CN(C)C)n2C2CC2)CC1. The summed E-state index contributed by atoms with van der Waals surface area (Å²) in [5.41, 5.74) is 1.47. The molecule has 0 unspecified atom stereocenters. The van der Waals surface area contributed by atoms with E-state index < -0.39 is 0 Å². The van der Waals surface area contributed by atoms with Crippen LogP contribution in [0.15, 0.2) is 11.6 Å². The number of hydrogen-bond acceptors (Lipinski definition) is 4. The highest BCUT2D eigenvalue weighted by Gasteiger charge is 2.33. The van der Waals surface area contributed by atoms with Gasteiger partial charge >= 0.3 is 0 Å². The molecule has 1 saturated carbocycles. The minimum atomic E-state index is 0.584. The zero-order valence-electron chi connectivity index (χ0n) is 15.1. The number of piperidine rings is 1. The Morgan fingerprint density at radius 3 is 2.43 bits per heavy atom. The maximum atomic E-state index is 4.61. The first-order valence-corrected chi connectivity index (χ1v) is 9.01. The molecule has 2 heterocycles. The van der Waals surface area contributed by atoms with Crippen molar-refractivity contribution < 1.29 is 0 Å². The van der Waals surface area contributed by atoms with Crippen LogP contribution in [0.5, 0.6) is 0 Å². The van der Waals surface area contributed by atoms with Gasteiger partial charge in [0.25, 0.3) is 0 Å². The van der Waals surface area contributed by atoms with Gasteiger partial charge in [-0.25, -0.2) is 0 Å². The van der Waals surface area contributed by atoms with Crippen LogP contribution in [-0.2, 0) is 6.54 Å². The molecule has 0 aromatic carbocycles. The van der Waals surface area contributed by atoms with Crippen molar-refractivity contribution in [1.29, 1.82) is 0 Å². The van der Waals surface area contributed by atoms with Crippen molar-refractivity contribution in [3.63, 3.8) is 0 Å². The molecular weight excluding hydrogens is 286 g/mol. The molecule has 1 aliphatic carbocycles. The average molecular weight is 317 g/mol. The molecule has 1 aromatic heterocycles. The molecule has 128 valence electrons. The molecule has 2 aliphatic rings. The zero-order chi connectivity index (χ0) is 16.4. The minimum absolute atomic E-state index is 0.584. The minimum Gasteiger partial charge on any atom is -0.311 e. The Morgan fingerprint density at radius 1 is 1.17 bits per heavy atom. The highest BCUT2D eigenvalue weighted by Crippen LogP contribution is 2.39. The van der Waals surface area contributed by atoms with E-state index in [9.17, 15) is 0 Å². The Hall–Kier alpha value is -1.20. The fourth-order valence-corrected chi connectivity index (χ4v) is 3.53. The molecule has 3 rings (SSSR count). The highest BCUT2D eigenvalue weighted by molar-refractivity contribution is 5.09. The fraction of sp³-hybridized carbons (Fsp3) is 0.778. The first kappa shape index (κ1) is 16.7. The molecule has 1 aromatic rings. The van der Waals surface area contributed by atoms with Crippen molar-refractivity contribution >= 4 is 0 Å². The maximum Gasteiger partial charge on any atom is 0.147 e. The van der Waals surface area contributed by atoms with Gasteiger partial charge in [-0.3, -0.25) is 4.90 Å². The van der Waals surface area contributed by atoms with E-state index in [2.05, 4.69) is 58.6 Å². The predicted octanol–water partition coefficient (Wildman–Crippen LogP) is 2.82. The summed E-state index contributed by atoms with van der Waals surface area (Å²) in [4.78, 5) is 4.76. The summed E-state index contributed by atoms with van der Waals surface area (Å²) in [5, 5.41) is 9.13.